The summed E-state index contributed by atoms with van der Waals surface area (Å²) in [4.78, 5) is 17.3. The fourth-order valence-corrected chi connectivity index (χ4v) is 7.34. The Morgan fingerprint density at radius 2 is 0.904 bits per heavy atom. The van der Waals surface area contributed by atoms with Gasteiger partial charge in [0.2, 0.25) is 0 Å². The van der Waals surface area contributed by atoms with Gasteiger partial charge in [0.15, 0.2) is 17.5 Å². The molecule has 1 aliphatic heterocycles. The molecule has 10 rings (SSSR count). The summed E-state index contributed by atoms with van der Waals surface area (Å²) in [6.45, 7) is 0. The highest BCUT2D eigenvalue weighted by atomic mass is 15.1. The Morgan fingerprint density at radius 3 is 1.63 bits per heavy atom. The summed E-state index contributed by atoms with van der Waals surface area (Å²) in [5, 5.41) is 2.38. The van der Waals surface area contributed by atoms with Gasteiger partial charge in [0.1, 0.15) is 0 Å². The van der Waals surface area contributed by atoms with E-state index in [0.29, 0.717) is 17.5 Å². The summed E-state index contributed by atoms with van der Waals surface area (Å²) in [5.74, 6) is 1.92. The Hall–Kier alpha value is -7.11. The lowest BCUT2D eigenvalue weighted by molar-refractivity contribution is 1.07. The summed E-state index contributed by atoms with van der Waals surface area (Å²) in [6.07, 6.45) is 4.47. The average molecular weight is 666 g/mol. The first-order valence-corrected chi connectivity index (χ1v) is 17.5. The zero-order valence-corrected chi connectivity index (χ0v) is 28.1. The van der Waals surface area contributed by atoms with Gasteiger partial charge in [-0.1, -0.05) is 140 Å². The van der Waals surface area contributed by atoms with Crippen LogP contribution in [0.4, 0.5) is 17.1 Å². The number of benzene rings is 7. The molecule has 9 aromatic rings. The van der Waals surface area contributed by atoms with Crippen molar-refractivity contribution in [1.82, 2.24) is 19.5 Å². The number of aromatic nitrogens is 4. The quantitative estimate of drug-likeness (QED) is 0.184. The predicted molar refractivity (Wildman–Crippen MR) is 214 cm³/mol. The molecule has 5 nitrogen and oxygen atoms in total. The fourth-order valence-electron chi connectivity index (χ4n) is 7.34. The predicted octanol–water partition coefficient (Wildman–Crippen LogP) is 11.9. The number of anilines is 3. The van der Waals surface area contributed by atoms with Gasteiger partial charge in [-0.2, -0.15) is 0 Å². The molecule has 244 valence electrons. The third-order valence-corrected chi connectivity index (χ3v) is 9.76. The lowest BCUT2D eigenvalue weighted by Crippen LogP contribution is -2.11. The van der Waals surface area contributed by atoms with Crippen molar-refractivity contribution in [1.29, 1.82) is 0 Å². The van der Waals surface area contributed by atoms with Crippen LogP contribution in [0, 0.1) is 0 Å². The smallest absolute Gasteiger partial charge is 0.164 e. The van der Waals surface area contributed by atoms with Crippen molar-refractivity contribution in [3.63, 3.8) is 0 Å². The van der Waals surface area contributed by atoms with Crippen molar-refractivity contribution in [2.24, 2.45) is 0 Å². The number of hydrogen-bond donors (Lipinski definition) is 0. The number of nitrogens with zero attached hydrogens (tertiary/aromatic N) is 5. The average Bonchev–Trinajstić information content (AvgIpc) is 3.44. The second-order valence-corrected chi connectivity index (χ2v) is 12.9. The van der Waals surface area contributed by atoms with Crippen molar-refractivity contribution < 1.29 is 0 Å². The van der Waals surface area contributed by atoms with E-state index < -0.39 is 0 Å². The summed E-state index contributed by atoms with van der Waals surface area (Å²) < 4.78 is 2.37. The van der Waals surface area contributed by atoms with E-state index in [1.165, 1.54) is 16.3 Å². The van der Waals surface area contributed by atoms with Crippen molar-refractivity contribution in [3.05, 3.63) is 187 Å². The van der Waals surface area contributed by atoms with Gasteiger partial charge in [0, 0.05) is 44.4 Å². The largest absolute Gasteiger partial charge is 0.309 e. The van der Waals surface area contributed by atoms with Crippen LogP contribution in [0.1, 0.15) is 11.1 Å². The molecule has 2 aromatic heterocycles. The van der Waals surface area contributed by atoms with Crippen molar-refractivity contribution >= 4 is 51.0 Å². The van der Waals surface area contributed by atoms with Crippen molar-refractivity contribution in [2.45, 2.75) is 0 Å². The molecule has 52 heavy (non-hydrogen) atoms. The monoisotopic (exact) mass is 665 g/mol. The van der Waals surface area contributed by atoms with Crippen molar-refractivity contribution in [2.75, 3.05) is 4.90 Å². The van der Waals surface area contributed by atoms with Crippen LogP contribution in [0.2, 0.25) is 0 Å². The van der Waals surface area contributed by atoms with E-state index in [1.807, 2.05) is 60.7 Å². The van der Waals surface area contributed by atoms with Gasteiger partial charge in [-0.3, -0.25) is 0 Å². The second kappa shape index (κ2) is 12.3. The third-order valence-electron chi connectivity index (χ3n) is 9.76. The molecule has 0 N–H and O–H groups in total. The molecule has 7 aromatic carbocycles. The minimum absolute atomic E-state index is 0.628. The van der Waals surface area contributed by atoms with Gasteiger partial charge in [0.05, 0.1) is 22.4 Å². The molecule has 0 saturated heterocycles. The first-order valence-electron chi connectivity index (χ1n) is 17.5. The van der Waals surface area contributed by atoms with Crippen LogP contribution in [0.15, 0.2) is 176 Å². The number of fused-ring (bicyclic) bond motifs is 5. The van der Waals surface area contributed by atoms with E-state index in [0.717, 1.165) is 56.0 Å². The highest BCUT2D eigenvalue weighted by Gasteiger charge is 2.23. The molecule has 3 heterocycles. The van der Waals surface area contributed by atoms with Crippen LogP contribution in [0.25, 0.3) is 73.8 Å². The Morgan fingerprint density at radius 1 is 0.346 bits per heavy atom. The molecule has 0 bridgehead atoms. The minimum Gasteiger partial charge on any atom is -0.309 e. The van der Waals surface area contributed by atoms with E-state index in [2.05, 4.69) is 137 Å². The van der Waals surface area contributed by atoms with Gasteiger partial charge >= 0.3 is 0 Å². The van der Waals surface area contributed by atoms with E-state index >= 15 is 0 Å². The maximum Gasteiger partial charge on any atom is 0.164 e. The van der Waals surface area contributed by atoms with E-state index in [1.54, 1.807) is 0 Å². The zero-order valence-electron chi connectivity index (χ0n) is 28.1. The van der Waals surface area contributed by atoms with Crippen LogP contribution in [-0.4, -0.2) is 19.5 Å². The molecule has 0 amide bonds. The van der Waals surface area contributed by atoms with Crippen LogP contribution in [0.5, 0.6) is 0 Å². The molecule has 0 fully saturated rings. The molecule has 1 aliphatic rings. The summed E-state index contributed by atoms with van der Waals surface area (Å²) >= 11 is 0. The number of rotatable bonds is 5. The summed E-state index contributed by atoms with van der Waals surface area (Å²) in [5.41, 5.74) is 11.8. The minimum atomic E-state index is 0.628. The first kappa shape index (κ1) is 29.8. The van der Waals surface area contributed by atoms with Crippen molar-refractivity contribution in [3.8, 4) is 39.9 Å². The molecule has 0 saturated carbocycles. The second-order valence-electron chi connectivity index (χ2n) is 12.9. The van der Waals surface area contributed by atoms with Gasteiger partial charge in [-0.25, -0.2) is 15.0 Å². The molecule has 0 spiro atoms. The van der Waals surface area contributed by atoms with Gasteiger partial charge in [0.25, 0.3) is 0 Å². The molecular formula is C47H31N5. The summed E-state index contributed by atoms with van der Waals surface area (Å²) in [7, 11) is 0. The summed E-state index contributed by atoms with van der Waals surface area (Å²) in [6, 6.07) is 61.3. The number of hydrogen-bond acceptors (Lipinski definition) is 4. The van der Waals surface area contributed by atoms with E-state index in [-0.39, 0.29) is 0 Å². The van der Waals surface area contributed by atoms with Crippen LogP contribution >= 0.6 is 0 Å². The lowest BCUT2D eigenvalue weighted by Gasteiger charge is -2.27. The topological polar surface area (TPSA) is 46.8 Å². The van der Waals surface area contributed by atoms with Crippen LogP contribution < -0.4 is 4.90 Å². The SMILES string of the molecule is C1=Cc2cc3c(cc2N(c2ccccc2)c2ccccc21)c1ccccc1n3-c1cccc(-c2nc(-c3ccccc3)nc(-c3ccccc3)n2)c1. The van der Waals surface area contributed by atoms with E-state index in [4.69, 9.17) is 15.0 Å². The lowest BCUT2D eigenvalue weighted by atomic mass is 10.1. The third kappa shape index (κ3) is 5.07. The van der Waals surface area contributed by atoms with Crippen LogP contribution in [0.3, 0.4) is 0 Å². The number of para-hydroxylation sites is 3. The molecular weight excluding hydrogens is 635 g/mol. The Kier molecular flexibility index (Phi) is 7.07. The zero-order chi connectivity index (χ0) is 34.4. The maximum absolute atomic E-state index is 5.03. The molecule has 5 heteroatoms. The molecule has 0 aliphatic carbocycles. The fraction of sp³-hybridized carbons (Fsp3) is 0. The van der Waals surface area contributed by atoms with Gasteiger partial charge in [-0.05, 0) is 54.1 Å². The highest BCUT2D eigenvalue weighted by Crippen LogP contribution is 2.45. The van der Waals surface area contributed by atoms with Gasteiger partial charge in [-0.15, -0.1) is 0 Å². The van der Waals surface area contributed by atoms with Crippen LogP contribution in [-0.2, 0) is 0 Å². The normalized spacial score (nSPS) is 12.1. The Labute approximate surface area is 301 Å². The van der Waals surface area contributed by atoms with E-state index in [9.17, 15) is 0 Å². The Bertz CT molecular complexity index is 2730. The molecule has 0 radical (unpaired) electrons. The Balaban J connectivity index is 1.18. The first-order chi connectivity index (χ1) is 25.8. The van der Waals surface area contributed by atoms with Gasteiger partial charge < -0.3 is 9.47 Å². The highest BCUT2D eigenvalue weighted by molar-refractivity contribution is 6.12. The maximum atomic E-state index is 5.03. The molecule has 0 unspecified atom stereocenters. The molecule has 0 atom stereocenters. The standard InChI is InChI=1S/C47H31N5/c1-4-16-33(17-5-1)45-48-46(34-18-6-2-7-19-34)50-47(49-45)36-20-14-23-38(29-36)52-42-26-13-11-24-39(42)40-31-43-35(30-44(40)52)28-27-32-15-10-12-25-41(32)51(43)37-21-8-3-9-22-37/h1-31H.